The lowest BCUT2D eigenvalue weighted by Crippen LogP contribution is -2.38. The Labute approximate surface area is 157 Å². The molecule has 0 spiro atoms. The van der Waals surface area contributed by atoms with Crippen molar-refractivity contribution in [2.24, 2.45) is 0 Å². The van der Waals surface area contributed by atoms with Crippen LogP contribution in [0.2, 0.25) is 0 Å². The van der Waals surface area contributed by atoms with Crippen LogP contribution in [0.5, 0.6) is 11.5 Å². The first-order valence-electron chi connectivity index (χ1n) is 8.92. The lowest BCUT2D eigenvalue weighted by molar-refractivity contribution is -0.384. The molecular formula is C20H22N2O5. The van der Waals surface area contributed by atoms with Crippen molar-refractivity contribution in [3.8, 4) is 22.6 Å². The fourth-order valence-corrected chi connectivity index (χ4v) is 3.13. The van der Waals surface area contributed by atoms with Crippen LogP contribution in [0.3, 0.4) is 0 Å². The number of ether oxygens (including phenoxy) is 2. The summed E-state index contributed by atoms with van der Waals surface area (Å²) in [5, 5.41) is 11.2. The normalized spacial score (nSPS) is 13.9. The van der Waals surface area contributed by atoms with E-state index in [2.05, 4.69) is 0 Å². The number of carbonyl (C=O) groups excluding carboxylic acids is 1. The van der Waals surface area contributed by atoms with Crippen molar-refractivity contribution in [3.63, 3.8) is 0 Å². The molecule has 1 aliphatic rings. The van der Waals surface area contributed by atoms with E-state index in [1.165, 1.54) is 12.1 Å². The summed E-state index contributed by atoms with van der Waals surface area (Å²) in [7, 11) is 1.57. The molecule has 1 aliphatic heterocycles. The van der Waals surface area contributed by atoms with Gasteiger partial charge >= 0.3 is 0 Å². The highest BCUT2D eigenvalue weighted by atomic mass is 16.6. The number of hydrogen-bond donors (Lipinski definition) is 0. The molecule has 3 rings (SSSR count). The average molecular weight is 370 g/mol. The molecule has 0 saturated carbocycles. The predicted molar refractivity (Wildman–Crippen MR) is 101 cm³/mol. The summed E-state index contributed by atoms with van der Waals surface area (Å²) in [6.45, 7) is 1.43. The number of amides is 1. The number of non-ortho nitro benzene ring substituents is 1. The molecule has 0 aliphatic carbocycles. The van der Waals surface area contributed by atoms with E-state index in [4.69, 9.17) is 9.47 Å². The summed E-state index contributed by atoms with van der Waals surface area (Å²) in [5.41, 5.74) is 1.29. The Balaban J connectivity index is 1.82. The van der Waals surface area contributed by atoms with Crippen molar-refractivity contribution in [2.75, 3.05) is 26.8 Å². The standard InChI is InChI=1S/C20H22N2O5/c1-26-17-8-5-15(6-9-17)18-13-16(22(24)25)7-10-19(18)27-14-20(23)21-11-3-2-4-12-21/h5-10,13H,2-4,11-12,14H2,1H3. The van der Waals surface area contributed by atoms with Gasteiger partial charge in [-0.1, -0.05) is 12.1 Å². The Morgan fingerprint density at radius 3 is 2.44 bits per heavy atom. The van der Waals surface area contributed by atoms with Crippen LogP contribution in [0, 0.1) is 10.1 Å². The molecule has 0 atom stereocenters. The van der Waals surface area contributed by atoms with E-state index in [-0.39, 0.29) is 18.2 Å². The fraction of sp³-hybridized carbons (Fsp3) is 0.350. The summed E-state index contributed by atoms with van der Waals surface area (Å²) in [6.07, 6.45) is 3.18. The van der Waals surface area contributed by atoms with Gasteiger partial charge in [-0.05, 0) is 43.0 Å². The number of nitro groups is 1. The zero-order valence-electron chi connectivity index (χ0n) is 15.2. The van der Waals surface area contributed by atoms with Crippen LogP contribution in [-0.2, 0) is 4.79 Å². The molecule has 7 nitrogen and oxygen atoms in total. The van der Waals surface area contributed by atoms with Crippen LogP contribution >= 0.6 is 0 Å². The largest absolute Gasteiger partial charge is 0.497 e. The number of benzene rings is 2. The Morgan fingerprint density at radius 1 is 1.11 bits per heavy atom. The number of nitrogens with zero attached hydrogens (tertiary/aromatic N) is 2. The minimum absolute atomic E-state index is 0.0319. The molecule has 0 bridgehead atoms. The third-order valence-corrected chi connectivity index (χ3v) is 4.63. The maximum atomic E-state index is 12.4. The smallest absolute Gasteiger partial charge is 0.270 e. The molecule has 2 aromatic carbocycles. The lowest BCUT2D eigenvalue weighted by atomic mass is 10.0. The van der Waals surface area contributed by atoms with Crippen LogP contribution in [-0.4, -0.2) is 42.5 Å². The first-order chi connectivity index (χ1) is 13.1. The molecule has 0 aromatic heterocycles. The molecule has 0 unspecified atom stereocenters. The van der Waals surface area contributed by atoms with Gasteiger partial charge in [0.05, 0.1) is 12.0 Å². The average Bonchev–Trinajstić information content (AvgIpc) is 2.72. The van der Waals surface area contributed by atoms with Crippen molar-refractivity contribution in [1.29, 1.82) is 0 Å². The van der Waals surface area contributed by atoms with Crippen LogP contribution in [0.15, 0.2) is 42.5 Å². The Hall–Kier alpha value is -3.09. The molecule has 1 fully saturated rings. The molecule has 1 saturated heterocycles. The molecular weight excluding hydrogens is 348 g/mol. The van der Waals surface area contributed by atoms with E-state index in [9.17, 15) is 14.9 Å². The van der Waals surface area contributed by atoms with Gasteiger partial charge in [0.1, 0.15) is 11.5 Å². The number of nitro benzene ring substituents is 1. The van der Waals surface area contributed by atoms with Crippen molar-refractivity contribution in [2.45, 2.75) is 19.3 Å². The zero-order valence-corrected chi connectivity index (χ0v) is 15.2. The van der Waals surface area contributed by atoms with Crippen molar-refractivity contribution >= 4 is 11.6 Å². The highest BCUT2D eigenvalue weighted by Gasteiger charge is 2.19. The van der Waals surface area contributed by atoms with Gasteiger partial charge in [0.2, 0.25) is 0 Å². The zero-order chi connectivity index (χ0) is 19.2. The third-order valence-electron chi connectivity index (χ3n) is 4.63. The van der Waals surface area contributed by atoms with Gasteiger partial charge in [-0.15, -0.1) is 0 Å². The fourth-order valence-electron chi connectivity index (χ4n) is 3.13. The molecule has 27 heavy (non-hydrogen) atoms. The Bertz CT molecular complexity index is 814. The third kappa shape index (κ3) is 4.55. The predicted octanol–water partition coefficient (Wildman–Crippen LogP) is 3.66. The number of hydrogen-bond acceptors (Lipinski definition) is 5. The van der Waals surface area contributed by atoms with E-state index < -0.39 is 4.92 Å². The highest BCUT2D eigenvalue weighted by Crippen LogP contribution is 2.34. The molecule has 1 amide bonds. The maximum Gasteiger partial charge on any atom is 0.270 e. The van der Waals surface area contributed by atoms with Crippen LogP contribution in [0.1, 0.15) is 19.3 Å². The molecule has 2 aromatic rings. The van der Waals surface area contributed by atoms with Crippen LogP contribution in [0.4, 0.5) is 5.69 Å². The monoisotopic (exact) mass is 370 g/mol. The maximum absolute atomic E-state index is 12.4. The van der Waals surface area contributed by atoms with Gasteiger partial charge in [-0.25, -0.2) is 0 Å². The van der Waals surface area contributed by atoms with E-state index in [0.717, 1.165) is 37.9 Å². The van der Waals surface area contributed by atoms with Gasteiger partial charge < -0.3 is 14.4 Å². The van der Waals surface area contributed by atoms with Crippen molar-refractivity contribution in [1.82, 2.24) is 4.90 Å². The summed E-state index contributed by atoms with van der Waals surface area (Å²) in [5.74, 6) is 1.07. The number of piperidine rings is 1. The Kier molecular flexibility index (Phi) is 5.90. The second-order valence-electron chi connectivity index (χ2n) is 6.40. The summed E-state index contributed by atoms with van der Waals surface area (Å²) in [6, 6.07) is 11.5. The SMILES string of the molecule is COc1ccc(-c2cc([N+](=O)[O-])ccc2OCC(=O)N2CCCCC2)cc1. The molecule has 142 valence electrons. The van der Waals surface area contributed by atoms with Gasteiger partial charge in [0.15, 0.2) is 6.61 Å². The van der Waals surface area contributed by atoms with E-state index in [0.29, 0.717) is 17.1 Å². The quantitative estimate of drug-likeness (QED) is 0.572. The van der Waals surface area contributed by atoms with Gasteiger partial charge in [-0.3, -0.25) is 14.9 Å². The summed E-state index contributed by atoms with van der Waals surface area (Å²) in [4.78, 5) is 24.9. The van der Waals surface area contributed by atoms with Crippen molar-refractivity contribution < 1.29 is 19.2 Å². The second kappa shape index (κ2) is 8.53. The van der Waals surface area contributed by atoms with Crippen molar-refractivity contribution in [3.05, 3.63) is 52.6 Å². The highest BCUT2D eigenvalue weighted by molar-refractivity contribution is 5.79. The van der Waals surface area contributed by atoms with E-state index in [1.807, 2.05) is 4.90 Å². The second-order valence-corrected chi connectivity index (χ2v) is 6.40. The lowest BCUT2D eigenvalue weighted by Gasteiger charge is -2.26. The molecule has 0 N–H and O–H groups in total. The Morgan fingerprint density at radius 2 is 1.81 bits per heavy atom. The topological polar surface area (TPSA) is 81.9 Å². The van der Waals surface area contributed by atoms with E-state index in [1.54, 1.807) is 37.4 Å². The van der Waals surface area contributed by atoms with Crippen LogP contribution in [0.25, 0.3) is 11.1 Å². The van der Waals surface area contributed by atoms with Gasteiger partial charge in [0.25, 0.3) is 11.6 Å². The first kappa shape index (κ1) is 18.7. The first-order valence-corrected chi connectivity index (χ1v) is 8.92. The molecule has 7 heteroatoms. The van der Waals surface area contributed by atoms with E-state index >= 15 is 0 Å². The summed E-state index contributed by atoms with van der Waals surface area (Å²) < 4.78 is 10.9. The number of rotatable bonds is 6. The molecule has 1 heterocycles. The number of methoxy groups -OCH3 is 1. The van der Waals surface area contributed by atoms with Gasteiger partial charge in [-0.2, -0.15) is 0 Å². The van der Waals surface area contributed by atoms with Crippen LogP contribution < -0.4 is 9.47 Å². The summed E-state index contributed by atoms with van der Waals surface area (Å²) >= 11 is 0. The minimum Gasteiger partial charge on any atom is -0.497 e. The number of likely N-dealkylation sites (tertiary alicyclic amines) is 1. The minimum atomic E-state index is -0.449. The molecule has 0 radical (unpaired) electrons. The number of carbonyl (C=O) groups is 1. The van der Waals surface area contributed by atoms with Gasteiger partial charge in [0, 0.05) is 30.8 Å².